The van der Waals surface area contributed by atoms with Crippen molar-refractivity contribution in [3.63, 3.8) is 0 Å². The van der Waals surface area contributed by atoms with Gasteiger partial charge in [-0.25, -0.2) is 0 Å². The molecule has 128 valence electrons. The Labute approximate surface area is 175 Å². The van der Waals surface area contributed by atoms with E-state index in [-0.39, 0.29) is 42.1 Å². The maximum absolute atomic E-state index is 11.2. The summed E-state index contributed by atoms with van der Waals surface area (Å²) in [6, 6.07) is 18.8. The summed E-state index contributed by atoms with van der Waals surface area (Å²) in [6.07, 6.45) is 2.84. The van der Waals surface area contributed by atoms with Crippen LogP contribution in [-0.2, 0) is 24.2 Å². The van der Waals surface area contributed by atoms with Crippen molar-refractivity contribution >= 4 is 16.9 Å². The second-order valence-corrected chi connectivity index (χ2v) is 6.62. The number of carboxylic acid groups (broad SMARTS) is 1. The van der Waals surface area contributed by atoms with E-state index < -0.39 is 5.97 Å². The van der Waals surface area contributed by atoms with Crippen LogP contribution in [0, 0.1) is 0 Å². The van der Waals surface area contributed by atoms with Crippen molar-refractivity contribution in [3.8, 4) is 0 Å². The smallest absolute Gasteiger partial charge is 0.548 e. The SMILES string of the molecule is O=C([O-])Cn1c2c(c3ccccc31)C(CCc1ccccc1)NCC2.[Na+]. The summed E-state index contributed by atoms with van der Waals surface area (Å²) in [5.74, 6) is -1.04. The van der Waals surface area contributed by atoms with Crippen molar-refractivity contribution in [3.05, 3.63) is 71.4 Å². The Hall–Kier alpha value is -1.59. The minimum atomic E-state index is -1.04. The average Bonchev–Trinajstić information content (AvgIpc) is 2.95. The molecule has 1 aromatic heterocycles. The van der Waals surface area contributed by atoms with Gasteiger partial charge in [-0.3, -0.25) is 0 Å². The van der Waals surface area contributed by atoms with Gasteiger partial charge in [0.05, 0.1) is 12.5 Å². The number of aliphatic carboxylic acids is 1. The molecule has 0 radical (unpaired) electrons. The van der Waals surface area contributed by atoms with E-state index in [9.17, 15) is 9.90 Å². The first-order chi connectivity index (χ1) is 12.2. The quantitative estimate of drug-likeness (QED) is 0.610. The molecule has 0 saturated carbocycles. The number of nitrogens with one attached hydrogen (secondary N) is 1. The average molecular weight is 356 g/mol. The third-order valence-electron chi connectivity index (χ3n) is 5.07. The van der Waals surface area contributed by atoms with Gasteiger partial charge in [0.25, 0.3) is 0 Å². The van der Waals surface area contributed by atoms with Crippen LogP contribution in [0.25, 0.3) is 10.9 Å². The van der Waals surface area contributed by atoms with Crippen molar-refractivity contribution in [2.75, 3.05) is 6.54 Å². The van der Waals surface area contributed by atoms with Gasteiger partial charge in [-0.15, -0.1) is 0 Å². The third kappa shape index (κ3) is 3.74. The number of aromatic nitrogens is 1. The first kappa shape index (κ1) is 19.2. The van der Waals surface area contributed by atoms with Crippen molar-refractivity contribution in [1.82, 2.24) is 9.88 Å². The summed E-state index contributed by atoms with van der Waals surface area (Å²) in [5.41, 5.74) is 4.72. The van der Waals surface area contributed by atoms with Crippen molar-refractivity contribution < 1.29 is 39.5 Å². The van der Waals surface area contributed by atoms with Crippen LogP contribution in [0.5, 0.6) is 0 Å². The Morgan fingerprint density at radius 1 is 1.12 bits per heavy atom. The Balaban J connectivity index is 0.00000196. The summed E-state index contributed by atoms with van der Waals surface area (Å²) < 4.78 is 1.93. The van der Waals surface area contributed by atoms with E-state index in [4.69, 9.17) is 0 Å². The molecule has 26 heavy (non-hydrogen) atoms. The Morgan fingerprint density at radius 2 is 1.85 bits per heavy atom. The van der Waals surface area contributed by atoms with E-state index in [0.717, 1.165) is 42.4 Å². The molecule has 4 nitrogen and oxygen atoms in total. The normalized spacial score (nSPS) is 16.1. The summed E-state index contributed by atoms with van der Waals surface area (Å²) in [4.78, 5) is 11.2. The minimum absolute atomic E-state index is 0. The number of para-hydroxylation sites is 1. The number of rotatable bonds is 5. The van der Waals surface area contributed by atoms with Gasteiger partial charge in [0.1, 0.15) is 0 Å². The molecule has 1 unspecified atom stereocenters. The fourth-order valence-electron chi connectivity index (χ4n) is 4.02. The van der Waals surface area contributed by atoms with Crippen LogP contribution >= 0.6 is 0 Å². The molecular formula is C21H21N2NaO2. The largest absolute Gasteiger partial charge is 1.00 e. The maximum Gasteiger partial charge on any atom is 1.00 e. The number of hydrogen-bond donors (Lipinski definition) is 1. The molecule has 0 bridgehead atoms. The van der Waals surface area contributed by atoms with Gasteiger partial charge in [0.2, 0.25) is 0 Å². The van der Waals surface area contributed by atoms with Crippen LogP contribution in [0.15, 0.2) is 54.6 Å². The number of carbonyl (C=O) groups is 1. The molecule has 0 aliphatic carbocycles. The molecule has 5 heteroatoms. The molecule has 1 atom stereocenters. The minimum Gasteiger partial charge on any atom is -0.548 e. The third-order valence-corrected chi connectivity index (χ3v) is 5.07. The number of carbonyl (C=O) groups excluding carboxylic acids is 1. The number of nitrogens with zero attached hydrogens (tertiary/aromatic N) is 1. The van der Waals surface area contributed by atoms with Gasteiger partial charge in [-0.05, 0) is 30.0 Å². The molecule has 0 amide bonds. The topological polar surface area (TPSA) is 57.1 Å². The van der Waals surface area contributed by atoms with E-state index in [2.05, 4.69) is 35.6 Å². The van der Waals surface area contributed by atoms with E-state index in [1.807, 2.05) is 28.8 Å². The molecule has 1 aliphatic heterocycles. The summed E-state index contributed by atoms with van der Waals surface area (Å²) >= 11 is 0. The predicted molar refractivity (Wildman–Crippen MR) is 96.2 cm³/mol. The van der Waals surface area contributed by atoms with Gasteiger partial charge in [0, 0.05) is 35.6 Å². The predicted octanol–water partition coefficient (Wildman–Crippen LogP) is -0.785. The van der Waals surface area contributed by atoms with Crippen LogP contribution in [0.2, 0.25) is 0 Å². The van der Waals surface area contributed by atoms with Crippen LogP contribution in [0.4, 0.5) is 0 Å². The van der Waals surface area contributed by atoms with Crippen LogP contribution in [0.3, 0.4) is 0 Å². The first-order valence-corrected chi connectivity index (χ1v) is 8.81. The molecule has 4 rings (SSSR count). The van der Waals surface area contributed by atoms with Crippen molar-refractivity contribution in [2.24, 2.45) is 0 Å². The van der Waals surface area contributed by atoms with Gasteiger partial charge < -0.3 is 19.8 Å². The van der Waals surface area contributed by atoms with Gasteiger partial charge in [0.15, 0.2) is 0 Å². The molecule has 1 aliphatic rings. The molecule has 0 fully saturated rings. The zero-order chi connectivity index (χ0) is 17.2. The van der Waals surface area contributed by atoms with Gasteiger partial charge in [-0.1, -0.05) is 48.5 Å². The number of aryl methyl sites for hydroxylation is 1. The summed E-state index contributed by atoms with van der Waals surface area (Å²) in [7, 11) is 0. The van der Waals surface area contributed by atoms with Gasteiger partial charge >= 0.3 is 29.6 Å². The zero-order valence-electron chi connectivity index (χ0n) is 15.1. The molecular weight excluding hydrogens is 335 g/mol. The monoisotopic (exact) mass is 356 g/mol. The van der Waals surface area contributed by atoms with Gasteiger partial charge in [-0.2, -0.15) is 0 Å². The number of carboxylic acids is 1. The van der Waals surface area contributed by atoms with E-state index in [1.165, 1.54) is 11.1 Å². The Bertz CT molecular complexity index is 905. The molecule has 2 aromatic carbocycles. The molecule has 2 heterocycles. The first-order valence-electron chi connectivity index (χ1n) is 8.81. The second kappa shape index (κ2) is 8.40. The van der Waals surface area contributed by atoms with Crippen molar-refractivity contribution in [1.29, 1.82) is 0 Å². The van der Waals surface area contributed by atoms with E-state index >= 15 is 0 Å². The molecule has 1 N–H and O–H groups in total. The zero-order valence-corrected chi connectivity index (χ0v) is 17.1. The number of benzene rings is 2. The number of hydrogen-bond acceptors (Lipinski definition) is 3. The molecule has 0 spiro atoms. The van der Waals surface area contributed by atoms with Crippen LogP contribution < -0.4 is 40.0 Å². The van der Waals surface area contributed by atoms with E-state index in [0.29, 0.717) is 0 Å². The van der Waals surface area contributed by atoms with E-state index in [1.54, 1.807) is 0 Å². The molecule has 0 saturated heterocycles. The number of fused-ring (bicyclic) bond motifs is 3. The molecule has 3 aromatic rings. The standard InChI is InChI=1S/C21H22N2O2.Na/c24-20(25)14-23-18-9-5-4-8-16(18)21-17(22-13-12-19(21)23)11-10-15-6-2-1-3-7-15;/h1-9,17,22H,10-14H2,(H,24,25);/q;+1/p-1. The Morgan fingerprint density at radius 3 is 2.62 bits per heavy atom. The fourth-order valence-corrected chi connectivity index (χ4v) is 4.02. The summed E-state index contributed by atoms with van der Waals surface area (Å²) in [6.45, 7) is 0.789. The fraction of sp³-hybridized carbons (Fsp3) is 0.286. The maximum atomic E-state index is 11.2. The second-order valence-electron chi connectivity index (χ2n) is 6.62. The Kier molecular flexibility index (Phi) is 6.20. The van der Waals surface area contributed by atoms with Crippen molar-refractivity contribution in [2.45, 2.75) is 31.8 Å². The van der Waals surface area contributed by atoms with Crippen LogP contribution in [0.1, 0.15) is 29.3 Å². The summed E-state index contributed by atoms with van der Waals surface area (Å²) in [5, 5.41) is 16.0. The van der Waals surface area contributed by atoms with Crippen LogP contribution in [-0.4, -0.2) is 17.1 Å².